The van der Waals surface area contributed by atoms with Gasteiger partial charge in [-0.25, -0.2) is 4.79 Å². The number of hydrogen-bond acceptors (Lipinski definition) is 5. The molecule has 0 heterocycles. The third-order valence-electron chi connectivity index (χ3n) is 3.98. The number of allylic oxidation sites excluding steroid dienone is 1. The van der Waals surface area contributed by atoms with Crippen molar-refractivity contribution in [2.75, 3.05) is 13.7 Å². The zero-order valence-corrected chi connectivity index (χ0v) is 18.7. The Morgan fingerprint density at radius 2 is 2.00 bits per heavy atom. The topological polar surface area (TPSA) is 52.6 Å². The van der Waals surface area contributed by atoms with Gasteiger partial charge >= 0.3 is 5.97 Å². The molecule has 2 unspecified atom stereocenters. The summed E-state index contributed by atoms with van der Waals surface area (Å²) in [6, 6.07) is 4.87. The molecule has 0 aromatic heterocycles. The largest absolute Gasteiger partial charge is 0.483 e. The smallest absolute Gasteiger partial charge is 0.330 e. The number of rotatable bonds is 11. The zero-order chi connectivity index (χ0) is 21.1. The fraction of sp³-hybridized carbons (Fsp3) is 0.429. The van der Waals surface area contributed by atoms with Crippen molar-refractivity contribution in [1.82, 2.24) is 0 Å². The van der Waals surface area contributed by atoms with Crippen molar-refractivity contribution >= 4 is 46.0 Å². The number of ether oxygens (including phenoxy) is 2. The molecule has 2 atom stereocenters. The minimum absolute atomic E-state index is 0.0174. The van der Waals surface area contributed by atoms with E-state index in [9.17, 15) is 9.59 Å². The molecule has 0 N–H and O–H groups in total. The van der Waals surface area contributed by atoms with Crippen LogP contribution in [0.3, 0.4) is 0 Å². The van der Waals surface area contributed by atoms with E-state index in [1.165, 1.54) is 24.9 Å². The fourth-order valence-corrected chi connectivity index (χ4v) is 3.71. The summed E-state index contributed by atoms with van der Waals surface area (Å²) in [5.41, 5.74) is 0.945. The first-order chi connectivity index (χ1) is 13.2. The Labute approximate surface area is 181 Å². The first-order valence-electron chi connectivity index (χ1n) is 8.90. The Bertz CT molecular complexity index is 718. The molecule has 4 nitrogen and oxygen atoms in total. The van der Waals surface area contributed by atoms with Gasteiger partial charge in [0.05, 0.1) is 12.1 Å². The van der Waals surface area contributed by atoms with Gasteiger partial charge in [0.2, 0.25) is 5.12 Å². The monoisotopic (exact) mass is 444 g/mol. The van der Waals surface area contributed by atoms with Crippen molar-refractivity contribution in [3.63, 3.8) is 0 Å². The highest BCUT2D eigenvalue weighted by molar-refractivity contribution is 8.14. The summed E-state index contributed by atoms with van der Waals surface area (Å²) in [4.78, 5) is 23.4. The normalized spacial score (nSPS) is 13.2. The van der Waals surface area contributed by atoms with Crippen LogP contribution in [0.5, 0.6) is 5.75 Å². The summed E-state index contributed by atoms with van der Waals surface area (Å²) in [5, 5.41) is 0.813. The summed E-state index contributed by atoms with van der Waals surface area (Å²) in [6.45, 7) is 7.95. The maximum atomic E-state index is 12.3. The Morgan fingerprint density at radius 3 is 2.61 bits per heavy atom. The van der Waals surface area contributed by atoms with Gasteiger partial charge in [0.15, 0.2) is 6.61 Å². The lowest BCUT2D eigenvalue weighted by Gasteiger charge is -2.18. The number of esters is 1. The number of carbonyl (C=O) groups excluding carboxylic acids is 2. The number of halogens is 2. The predicted octanol–water partition coefficient (Wildman–Crippen LogP) is 6.11. The molecule has 0 fully saturated rings. The van der Waals surface area contributed by atoms with Gasteiger partial charge in [-0.2, -0.15) is 0 Å². The quantitative estimate of drug-likeness (QED) is 0.234. The molecule has 0 saturated carbocycles. The van der Waals surface area contributed by atoms with E-state index >= 15 is 0 Å². The Kier molecular flexibility index (Phi) is 11.4. The van der Waals surface area contributed by atoms with E-state index < -0.39 is 0 Å². The van der Waals surface area contributed by atoms with Crippen LogP contribution < -0.4 is 4.74 Å². The van der Waals surface area contributed by atoms with E-state index in [0.29, 0.717) is 21.7 Å². The molecular formula is C21H26Cl2O4S. The standard InChI is InChI=1S/C21H26Cl2O4S/c1-14(2)19(11-8-15(3)6-5-7-20(24)26-4)28-21(25)13-27-18-10-9-16(22)12-17(18)23/h5,7,9-10,12,15,19H,1,6,8,11,13H2,2-4H3. The van der Waals surface area contributed by atoms with Gasteiger partial charge in [-0.1, -0.05) is 60.1 Å². The first-order valence-corrected chi connectivity index (χ1v) is 10.5. The van der Waals surface area contributed by atoms with E-state index in [2.05, 4.69) is 18.2 Å². The van der Waals surface area contributed by atoms with E-state index in [1.54, 1.807) is 18.2 Å². The lowest BCUT2D eigenvalue weighted by molar-refractivity contribution is -0.134. The third kappa shape index (κ3) is 9.67. The van der Waals surface area contributed by atoms with Crippen LogP contribution in [0.25, 0.3) is 0 Å². The molecule has 0 amide bonds. The Morgan fingerprint density at radius 1 is 1.29 bits per heavy atom. The lowest BCUT2D eigenvalue weighted by Crippen LogP contribution is -2.15. The molecular weight excluding hydrogens is 419 g/mol. The Balaban J connectivity index is 2.46. The maximum absolute atomic E-state index is 12.3. The molecule has 0 bridgehead atoms. The molecule has 7 heteroatoms. The van der Waals surface area contributed by atoms with Gasteiger partial charge < -0.3 is 9.47 Å². The minimum atomic E-state index is -0.353. The van der Waals surface area contributed by atoms with Crippen molar-refractivity contribution in [2.45, 2.75) is 38.4 Å². The van der Waals surface area contributed by atoms with E-state index in [-0.39, 0.29) is 22.9 Å². The molecule has 1 aromatic carbocycles. The summed E-state index contributed by atoms with van der Waals surface area (Å²) < 4.78 is 10.1. The average Bonchev–Trinajstić information content (AvgIpc) is 2.63. The van der Waals surface area contributed by atoms with Gasteiger partial charge in [-0.15, -0.1) is 0 Å². The highest BCUT2D eigenvalue weighted by Gasteiger charge is 2.17. The second-order valence-corrected chi connectivity index (χ2v) is 8.64. The van der Waals surface area contributed by atoms with Crippen LogP contribution in [-0.4, -0.2) is 30.1 Å². The number of benzene rings is 1. The molecule has 0 aliphatic carbocycles. The van der Waals surface area contributed by atoms with Gasteiger partial charge in [0.1, 0.15) is 5.75 Å². The SMILES string of the molecule is C=C(C)C(CCC(C)CC=CC(=O)OC)SC(=O)COc1ccc(Cl)cc1Cl. The molecule has 0 aliphatic heterocycles. The van der Waals surface area contributed by atoms with Crippen LogP contribution in [0.1, 0.15) is 33.1 Å². The van der Waals surface area contributed by atoms with Crippen molar-refractivity contribution < 1.29 is 19.1 Å². The molecule has 1 rings (SSSR count). The van der Waals surface area contributed by atoms with Crippen LogP contribution in [0.15, 0.2) is 42.5 Å². The van der Waals surface area contributed by atoms with E-state index in [0.717, 1.165) is 24.8 Å². The summed E-state index contributed by atoms with van der Waals surface area (Å²) in [5.74, 6) is 0.453. The summed E-state index contributed by atoms with van der Waals surface area (Å²) in [7, 11) is 1.35. The van der Waals surface area contributed by atoms with Gasteiger partial charge in [-0.3, -0.25) is 4.79 Å². The van der Waals surface area contributed by atoms with Gasteiger partial charge in [0, 0.05) is 16.3 Å². The molecule has 0 spiro atoms. The van der Waals surface area contributed by atoms with Crippen LogP contribution in [0, 0.1) is 5.92 Å². The highest BCUT2D eigenvalue weighted by Crippen LogP contribution is 2.29. The average molecular weight is 445 g/mol. The number of methoxy groups -OCH3 is 1. The third-order valence-corrected chi connectivity index (χ3v) is 5.81. The van der Waals surface area contributed by atoms with Gasteiger partial charge in [0.25, 0.3) is 0 Å². The lowest BCUT2D eigenvalue weighted by atomic mass is 9.98. The van der Waals surface area contributed by atoms with Crippen LogP contribution >= 0.6 is 35.0 Å². The molecule has 28 heavy (non-hydrogen) atoms. The summed E-state index contributed by atoms with van der Waals surface area (Å²) in [6.07, 6.45) is 5.75. The molecule has 1 aromatic rings. The number of thioether (sulfide) groups is 1. The van der Waals surface area contributed by atoms with E-state index in [4.69, 9.17) is 27.9 Å². The Hall–Kier alpha value is -1.43. The second-order valence-electron chi connectivity index (χ2n) is 6.53. The predicted molar refractivity (Wildman–Crippen MR) is 117 cm³/mol. The van der Waals surface area contributed by atoms with Crippen LogP contribution in [0.2, 0.25) is 10.0 Å². The molecule has 0 radical (unpaired) electrons. The van der Waals surface area contributed by atoms with Gasteiger partial charge in [-0.05, 0) is 50.3 Å². The van der Waals surface area contributed by atoms with Crippen LogP contribution in [0.4, 0.5) is 0 Å². The zero-order valence-electron chi connectivity index (χ0n) is 16.4. The van der Waals surface area contributed by atoms with Crippen molar-refractivity contribution in [1.29, 1.82) is 0 Å². The maximum Gasteiger partial charge on any atom is 0.330 e. The number of hydrogen-bond donors (Lipinski definition) is 0. The van der Waals surface area contributed by atoms with Crippen molar-refractivity contribution in [3.8, 4) is 5.75 Å². The summed E-state index contributed by atoms with van der Waals surface area (Å²) >= 11 is 13.1. The second kappa shape index (κ2) is 12.9. The molecule has 0 aliphatic rings. The van der Waals surface area contributed by atoms with Crippen molar-refractivity contribution in [2.24, 2.45) is 5.92 Å². The highest BCUT2D eigenvalue weighted by atomic mass is 35.5. The number of carbonyl (C=O) groups is 2. The van der Waals surface area contributed by atoms with Crippen molar-refractivity contribution in [3.05, 3.63) is 52.5 Å². The van der Waals surface area contributed by atoms with Crippen LogP contribution in [-0.2, 0) is 14.3 Å². The fourth-order valence-electron chi connectivity index (χ4n) is 2.35. The first kappa shape index (κ1) is 24.6. The minimum Gasteiger partial charge on any atom is -0.483 e. The molecule has 154 valence electrons. The van der Waals surface area contributed by atoms with E-state index in [1.807, 2.05) is 13.0 Å². The molecule has 0 saturated heterocycles.